The molecule has 3 aromatic carbocycles. The van der Waals surface area contributed by atoms with Crippen molar-refractivity contribution in [1.29, 1.82) is 0 Å². The maximum atomic E-state index is 9.24. The summed E-state index contributed by atoms with van der Waals surface area (Å²) in [4.78, 5) is 6.83. The maximum Gasteiger partial charge on any atom is 0.239 e. The molecule has 1 heterocycles. The quantitative estimate of drug-likeness (QED) is 0.339. The number of fused-ring (bicyclic) bond motifs is 2. The van der Waals surface area contributed by atoms with Crippen LogP contribution in [0, 0.1) is 0 Å². The van der Waals surface area contributed by atoms with Gasteiger partial charge in [0.2, 0.25) is 16.7 Å². The first kappa shape index (κ1) is 16.3. The summed E-state index contributed by atoms with van der Waals surface area (Å²) in [5.74, 6) is 0. The highest BCUT2D eigenvalue weighted by atomic mass is 16.3. The summed E-state index contributed by atoms with van der Waals surface area (Å²) in [6, 6.07) is 22.1. The molecule has 0 aliphatic heterocycles. The molecule has 5 heteroatoms. The van der Waals surface area contributed by atoms with Crippen LogP contribution in [0.4, 0.5) is 11.4 Å². The second-order valence-electron chi connectivity index (χ2n) is 6.35. The number of aromatic nitrogens is 2. The number of aliphatic hydroxyl groups is 1. The summed E-state index contributed by atoms with van der Waals surface area (Å²) >= 11 is 0. The van der Waals surface area contributed by atoms with Crippen LogP contribution in [0.15, 0.2) is 66.7 Å². The van der Waals surface area contributed by atoms with Gasteiger partial charge in [-0.15, -0.1) is 4.57 Å². The highest BCUT2D eigenvalue weighted by Gasteiger charge is 2.20. The van der Waals surface area contributed by atoms with E-state index in [-0.39, 0.29) is 6.61 Å². The Morgan fingerprint density at radius 3 is 2.38 bits per heavy atom. The van der Waals surface area contributed by atoms with Crippen LogP contribution in [0.3, 0.4) is 0 Å². The molecule has 0 aliphatic carbocycles. The number of likely N-dealkylation sites (N-methyl/N-ethyl adjacent to an activating group) is 1. The molecule has 0 saturated heterocycles. The van der Waals surface area contributed by atoms with E-state index in [0.29, 0.717) is 12.2 Å². The summed E-state index contributed by atoms with van der Waals surface area (Å²) in [6.45, 7) is 0.685. The fourth-order valence-corrected chi connectivity index (χ4v) is 3.23. The molecular formula is C21H21N4O+. The Morgan fingerprint density at radius 2 is 1.65 bits per heavy atom. The minimum absolute atomic E-state index is 0.111. The monoisotopic (exact) mass is 345 g/mol. The first-order chi connectivity index (χ1) is 12.7. The molecule has 130 valence electrons. The van der Waals surface area contributed by atoms with Gasteiger partial charge in [0.05, 0.1) is 6.61 Å². The summed E-state index contributed by atoms with van der Waals surface area (Å²) in [5, 5.41) is 9.24. The topological polar surface area (TPSA) is 66.3 Å². The van der Waals surface area contributed by atoms with Gasteiger partial charge in [0.15, 0.2) is 0 Å². The van der Waals surface area contributed by atoms with Gasteiger partial charge in [-0.2, -0.15) is 0 Å². The third kappa shape index (κ3) is 2.82. The Bertz CT molecular complexity index is 1080. The number of para-hydroxylation sites is 1. The number of nitrogens with two attached hydrogens (primary N) is 1. The Kier molecular flexibility index (Phi) is 4.14. The van der Waals surface area contributed by atoms with E-state index in [1.54, 1.807) is 0 Å². The zero-order chi connectivity index (χ0) is 18.1. The molecule has 0 amide bonds. The van der Waals surface area contributed by atoms with Crippen LogP contribution >= 0.6 is 0 Å². The highest BCUT2D eigenvalue weighted by Crippen LogP contribution is 2.23. The van der Waals surface area contributed by atoms with E-state index in [2.05, 4.69) is 22.8 Å². The number of anilines is 2. The number of aliphatic hydroxyl groups excluding tert-OH is 1. The molecule has 0 atom stereocenters. The van der Waals surface area contributed by atoms with Gasteiger partial charge in [0, 0.05) is 49.2 Å². The van der Waals surface area contributed by atoms with Crippen LogP contribution in [-0.4, -0.2) is 30.3 Å². The van der Waals surface area contributed by atoms with Crippen molar-refractivity contribution in [1.82, 2.24) is 4.98 Å². The van der Waals surface area contributed by atoms with Gasteiger partial charge in [-0.3, -0.25) is 0 Å². The van der Waals surface area contributed by atoms with Gasteiger partial charge in [-0.1, -0.05) is 18.2 Å². The number of nitrogen functional groups attached to an aromatic ring is 1. The van der Waals surface area contributed by atoms with E-state index < -0.39 is 0 Å². The zero-order valence-electron chi connectivity index (χ0n) is 14.6. The van der Waals surface area contributed by atoms with Crippen molar-refractivity contribution in [2.45, 2.75) is 0 Å². The summed E-state index contributed by atoms with van der Waals surface area (Å²) in [7, 11) is 1.97. The second-order valence-corrected chi connectivity index (χ2v) is 6.35. The normalized spacial score (nSPS) is 11.2. The summed E-state index contributed by atoms with van der Waals surface area (Å²) < 4.78 is 2.18. The van der Waals surface area contributed by atoms with E-state index in [4.69, 9.17) is 10.7 Å². The lowest BCUT2D eigenvalue weighted by molar-refractivity contribution is -0.538. The SMILES string of the molecule is CN(CCO)c1ccc2nc3ccc(N)cc3[n+](-c3ccccc3)c2c1. The standard InChI is InChI=1S/C21H20N4O/c1-24(11-12-26)17-8-10-19-21(14-17)25(16-5-3-2-4-6-16)20-13-15(22)7-9-18(20)23-19/h2-10,13-14,22,26H,11-12H2,1H3/p+1. The second kappa shape index (κ2) is 6.61. The molecule has 26 heavy (non-hydrogen) atoms. The van der Waals surface area contributed by atoms with E-state index in [1.807, 2.05) is 60.5 Å². The predicted molar refractivity (Wildman–Crippen MR) is 106 cm³/mol. The van der Waals surface area contributed by atoms with Crippen molar-refractivity contribution in [2.75, 3.05) is 30.8 Å². The fraction of sp³-hybridized carbons (Fsp3) is 0.143. The van der Waals surface area contributed by atoms with Crippen LogP contribution in [0.5, 0.6) is 0 Å². The number of hydrogen-bond donors (Lipinski definition) is 2. The van der Waals surface area contributed by atoms with Crippen LogP contribution in [0.25, 0.3) is 27.8 Å². The number of rotatable bonds is 4. The minimum atomic E-state index is 0.111. The van der Waals surface area contributed by atoms with Crippen LogP contribution in [0.1, 0.15) is 0 Å². The van der Waals surface area contributed by atoms with Crippen molar-refractivity contribution in [3.63, 3.8) is 0 Å². The average Bonchev–Trinajstić information content (AvgIpc) is 2.66. The highest BCUT2D eigenvalue weighted by molar-refractivity contribution is 5.85. The van der Waals surface area contributed by atoms with Gasteiger partial charge in [-0.05, 0) is 24.3 Å². The van der Waals surface area contributed by atoms with Crippen LogP contribution in [-0.2, 0) is 0 Å². The molecule has 0 fully saturated rings. The minimum Gasteiger partial charge on any atom is -0.399 e. The van der Waals surface area contributed by atoms with Crippen molar-refractivity contribution in [3.8, 4) is 5.69 Å². The van der Waals surface area contributed by atoms with Gasteiger partial charge in [-0.25, -0.2) is 4.98 Å². The van der Waals surface area contributed by atoms with E-state index in [0.717, 1.165) is 33.4 Å². The molecule has 5 nitrogen and oxygen atoms in total. The van der Waals surface area contributed by atoms with Gasteiger partial charge in [0.25, 0.3) is 0 Å². The molecular weight excluding hydrogens is 324 g/mol. The van der Waals surface area contributed by atoms with Crippen LogP contribution in [0.2, 0.25) is 0 Å². The summed E-state index contributed by atoms with van der Waals surface area (Å²) in [5.41, 5.74) is 12.6. The summed E-state index contributed by atoms with van der Waals surface area (Å²) in [6.07, 6.45) is 0. The van der Waals surface area contributed by atoms with E-state index in [1.165, 1.54) is 0 Å². The maximum absolute atomic E-state index is 9.24. The third-order valence-corrected chi connectivity index (χ3v) is 4.57. The Hall–Kier alpha value is -3.18. The molecule has 4 aromatic rings. The Labute approximate surface area is 151 Å². The van der Waals surface area contributed by atoms with Gasteiger partial charge < -0.3 is 15.7 Å². The first-order valence-corrected chi connectivity index (χ1v) is 8.60. The molecule has 0 unspecified atom stereocenters. The third-order valence-electron chi connectivity index (χ3n) is 4.57. The van der Waals surface area contributed by atoms with Crippen molar-refractivity contribution >= 4 is 33.4 Å². The van der Waals surface area contributed by atoms with E-state index >= 15 is 0 Å². The largest absolute Gasteiger partial charge is 0.399 e. The van der Waals surface area contributed by atoms with Gasteiger partial charge >= 0.3 is 0 Å². The molecule has 0 radical (unpaired) electrons. The lowest BCUT2D eigenvalue weighted by Crippen LogP contribution is -2.33. The Balaban J connectivity index is 2.08. The molecule has 0 bridgehead atoms. The lowest BCUT2D eigenvalue weighted by atomic mass is 10.2. The van der Waals surface area contributed by atoms with Crippen molar-refractivity contribution in [2.24, 2.45) is 0 Å². The number of benzene rings is 3. The fourth-order valence-electron chi connectivity index (χ4n) is 3.23. The van der Waals surface area contributed by atoms with Gasteiger partial charge in [0.1, 0.15) is 11.0 Å². The van der Waals surface area contributed by atoms with E-state index in [9.17, 15) is 5.11 Å². The lowest BCUT2D eigenvalue weighted by Gasteiger charge is -2.17. The van der Waals surface area contributed by atoms with Crippen LogP contribution < -0.4 is 15.2 Å². The zero-order valence-corrected chi connectivity index (χ0v) is 14.6. The molecule has 1 aromatic heterocycles. The van der Waals surface area contributed by atoms with Crippen molar-refractivity contribution < 1.29 is 9.67 Å². The smallest absolute Gasteiger partial charge is 0.239 e. The average molecular weight is 345 g/mol. The molecule has 0 spiro atoms. The predicted octanol–water partition coefficient (Wildman–Crippen LogP) is 2.68. The Morgan fingerprint density at radius 1 is 0.962 bits per heavy atom. The number of nitrogens with zero attached hydrogens (tertiary/aromatic N) is 3. The molecule has 3 N–H and O–H groups in total. The number of hydrogen-bond acceptors (Lipinski definition) is 4. The molecule has 4 rings (SSSR count). The molecule has 0 aliphatic rings. The first-order valence-electron chi connectivity index (χ1n) is 8.60. The van der Waals surface area contributed by atoms with Crippen molar-refractivity contribution in [3.05, 3.63) is 66.7 Å². The molecule has 0 saturated carbocycles.